The minimum absolute atomic E-state index is 0.621. The van der Waals surface area contributed by atoms with Crippen molar-refractivity contribution in [1.29, 1.82) is 0 Å². The van der Waals surface area contributed by atoms with E-state index in [0.29, 0.717) is 10.6 Å². The molecule has 8 heteroatoms. The standard InChI is InChI=1S/C28H28ClN3O3S/c1-16-14-21-25(36-27(31-21)32-13-11-20-18(15-32)6-5-12-30-20)23(17-7-9-19(29)10-8-17)22(16)24(26(33)34)35-28(2,3)4/h5-10,12,14,24H,11,13,15H2,1-4H3,(H,33,34). The lowest BCUT2D eigenvalue weighted by Gasteiger charge is -2.28. The molecule has 1 N–H and O–H groups in total. The van der Waals surface area contributed by atoms with Gasteiger partial charge in [0.1, 0.15) is 0 Å². The lowest BCUT2D eigenvalue weighted by Crippen LogP contribution is -2.30. The molecule has 5 rings (SSSR count). The van der Waals surface area contributed by atoms with Crippen LogP contribution in [0.25, 0.3) is 21.3 Å². The molecule has 0 spiro atoms. The Bertz CT molecular complexity index is 1440. The number of ether oxygens (including phenoxy) is 1. The zero-order valence-electron chi connectivity index (χ0n) is 20.7. The topological polar surface area (TPSA) is 75.5 Å². The third-order valence-electron chi connectivity index (χ3n) is 6.24. The first-order chi connectivity index (χ1) is 17.1. The molecule has 0 radical (unpaired) electrons. The molecule has 0 saturated carbocycles. The number of hydrogen-bond donors (Lipinski definition) is 1. The van der Waals surface area contributed by atoms with Crippen molar-refractivity contribution < 1.29 is 14.6 Å². The van der Waals surface area contributed by atoms with E-state index in [-0.39, 0.29) is 0 Å². The van der Waals surface area contributed by atoms with Crippen molar-refractivity contribution in [3.8, 4) is 11.1 Å². The molecule has 0 saturated heterocycles. The van der Waals surface area contributed by atoms with E-state index in [9.17, 15) is 9.90 Å². The van der Waals surface area contributed by atoms with E-state index in [1.807, 2.05) is 70.3 Å². The third-order valence-corrected chi connectivity index (χ3v) is 7.64. The first kappa shape index (κ1) is 24.7. The van der Waals surface area contributed by atoms with Crippen LogP contribution in [-0.2, 0) is 22.5 Å². The molecule has 186 valence electrons. The molecule has 2 aromatic carbocycles. The minimum atomic E-state index is -1.13. The van der Waals surface area contributed by atoms with Crippen molar-refractivity contribution in [2.45, 2.75) is 52.4 Å². The number of fused-ring (bicyclic) bond motifs is 2. The predicted molar refractivity (Wildman–Crippen MR) is 145 cm³/mol. The first-order valence-corrected chi connectivity index (χ1v) is 13.1. The molecule has 36 heavy (non-hydrogen) atoms. The fourth-order valence-electron chi connectivity index (χ4n) is 4.69. The van der Waals surface area contributed by atoms with Crippen LogP contribution in [0, 0.1) is 6.92 Å². The summed E-state index contributed by atoms with van der Waals surface area (Å²) in [6, 6.07) is 13.6. The van der Waals surface area contributed by atoms with Crippen molar-refractivity contribution in [3.63, 3.8) is 0 Å². The first-order valence-electron chi connectivity index (χ1n) is 11.9. The number of rotatable bonds is 5. The molecule has 6 nitrogen and oxygen atoms in total. The second-order valence-corrected chi connectivity index (χ2v) is 11.5. The van der Waals surface area contributed by atoms with E-state index in [1.165, 1.54) is 5.56 Å². The van der Waals surface area contributed by atoms with Gasteiger partial charge in [0.15, 0.2) is 11.2 Å². The van der Waals surface area contributed by atoms with Gasteiger partial charge in [0, 0.05) is 47.6 Å². The minimum Gasteiger partial charge on any atom is -0.479 e. The molecule has 1 unspecified atom stereocenters. The lowest BCUT2D eigenvalue weighted by molar-refractivity contribution is -0.160. The number of aryl methyl sites for hydroxylation is 1. The Hall–Kier alpha value is -3.00. The maximum absolute atomic E-state index is 12.5. The van der Waals surface area contributed by atoms with Crippen molar-refractivity contribution in [3.05, 3.63) is 76.1 Å². The van der Waals surface area contributed by atoms with Crippen LogP contribution in [0.4, 0.5) is 5.13 Å². The number of pyridine rings is 1. The Morgan fingerprint density at radius 3 is 2.67 bits per heavy atom. The van der Waals surface area contributed by atoms with Crippen molar-refractivity contribution in [2.75, 3.05) is 11.4 Å². The van der Waals surface area contributed by atoms with E-state index in [1.54, 1.807) is 11.3 Å². The highest BCUT2D eigenvalue weighted by Gasteiger charge is 2.32. The molecule has 0 amide bonds. The average molecular weight is 522 g/mol. The Morgan fingerprint density at radius 1 is 1.22 bits per heavy atom. The van der Waals surface area contributed by atoms with Crippen LogP contribution in [0.2, 0.25) is 5.02 Å². The normalized spacial score (nSPS) is 14.6. The van der Waals surface area contributed by atoms with Gasteiger partial charge in [-0.25, -0.2) is 9.78 Å². The maximum Gasteiger partial charge on any atom is 0.337 e. The van der Waals surface area contributed by atoms with Crippen molar-refractivity contribution >= 4 is 44.3 Å². The lowest BCUT2D eigenvalue weighted by atomic mass is 9.91. The number of thiazole rings is 1. The third kappa shape index (κ3) is 4.83. The molecule has 0 bridgehead atoms. The van der Waals surface area contributed by atoms with Gasteiger partial charge in [-0.15, -0.1) is 0 Å². The van der Waals surface area contributed by atoms with Gasteiger partial charge in [-0.1, -0.05) is 41.1 Å². The van der Waals surface area contributed by atoms with E-state index in [2.05, 4.69) is 16.0 Å². The van der Waals surface area contributed by atoms with E-state index < -0.39 is 17.7 Å². The number of halogens is 1. The van der Waals surface area contributed by atoms with E-state index in [0.717, 1.165) is 57.2 Å². The number of carbonyl (C=O) groups is 1. The number of carboxylic acids is 1. The summed E-state index contributed by atoms with van der Waals surface area (Å²) in [4.78, 5) is 24.3. The molecule has 2 aromatic heterocycles. The summed E-state index contributed by atoms with van der Waals surface area (Å²) >= 11 is 7.78. The fourth-order valence-corrected chi connectivity index (χ4v) is 5.97. The highest BCUT2D eigenvalue weighted by atomic mass is 35.5. The molecule has 0 fully saturated rings. The quantitative estimate of drug-likeness (QED) is 0.310. The maximum atomic E-state index is 12.5. The van der Waals surface area contributed by atoms with Gasteiger partial charge >= 0.3 is 5.97 Å². The number of anilines is 1. The van der Waals surface area contributed by atoms with E-state index in [4.69, 9.17) is 21.3 Å². The van der Waals surface area contributed by atoms with Crippen LogP contribution in [0.15, 0.2) is 48.7 Å². The summed E-state index contributed by atoms with van der Waals surface area (Å²) in [6.07, 6.45) is 1.58. The molecule has 3 heterocycles. The zero-order valence-corrected chi connectivity index (χ0v) is 22.3. The number of carboxylic acid groups (broad SMARTS) is 1. The SMILES string of the molecule is Cc1cc2nc(N3CCc4ncccc4C3)sc2c(-c2ccc(Cl)cc2)c1C(OC(C)(C)C)C(=O)O. The Kier molecular flexibility index (Phi) is 6.49. The second kappa shape index (κ2) is 9.47. The molecular formula is C28H28ClN3O3S. The Balaban J connectivity index is 1.69. The Morgan fingerprint density at radius 2 is 1.97 bits per heavy atom. The highest BCUT2D eigenvalue weighted by molar-refractivity contribution is 7.22. The largest absolute Gasteiger partial charge is 0.479 e. The summed E-state index contributed by atoms with van der Waals surface area (Å²) in [5.41, 5.74) is 5.75. The van der Waals surface area contributed by atoms with Crippen LogP contribution >= 0.6 is 22.9 Å². The van der Waals surface area contributed by atoms with Crippen LogP contribution in [-0.4, -0.2) is 33.2 Å². The zero-order chi connectivity index (χ0) is 25.6. The fraction of sp³-hybridized carbons (Fsp3) is 0.321. The number of nitrogens with zero attached hydrogens (tertiary/aromatic N) is 3. The van der Waals surface area contributed by atoms with Gasteiger partial charge in [0.05, 0.1) is 15.8 Å². The van der Waals surface area contributed by atoms with E-state index >= 15 is 0 Å². The van der Waals surface area contributed by atoms with Gasteiger partial charge in [-0.2, -0.15) is 0 Å². The molecule has 4 aromatic rings. The summed E-state index contributed by atoms with van der Waals surface area (Å²) in [5, 5.41) is 11.8. The van der Waals surface area contributed by atoms with Crippen LogP contribution in [0.3, 0.4) is 0 Å². The van der Waals surface area contributed by atoms with Crippen LogP contribution < -0.4 is 4.90 Å². The molecular weight excluding hydrogens is 494 g/mol. The number of aliphatic carboxylic acids is 1. The highest BCUT2D eigenvalue weighted by Crippen LogP contribution is 2.44. The predicted octanol–water partition coefficient (Wildman–Crippen LogP) is 6.82. The number of hydrogen-bond acceptors (Lipinski definition) is 6. The second-order valence-electron chi connectivity index (χ2n) is 10.1. The summed E-state index contributed by atoms with van der Waals surface area (Å²) in [5.74, 6) is -1.02. The molecule has 1 aliphatic heterocycles. The van der Waals surface area contributed by atoms with Gasteiger partial charge in [0.25, 0.3) is 0 Å². The summed E-state index contributed by atoms with van der Waals surface area (Å²) < 4.78 is 7.04. The number of aromatic nitrogens is 2. The molecule has 1 atom stereocenters. The number of benzene rings is 2. The molecule has 0 aliphatic carbocycles. The summed E-state index contributed by atoms with van der Waals surface area (Å²) in [6.45, 7) is 9.11. The van der Waals surface area contributed by atoms with Gasteiger partial charge in [-0.3, -0.25) is 4.98 Å². The van der Waals surface area contributed by atoms with Crippen molar-refractivity contribution in [1.82, 2.24) is 9.97 Å². The van der Waals surface area contributed by atoms with Crippen LogP contribution in [0.1, 0.15) is 49.3 Å². The average Bonchev–Trinajstić information content (AvgIpc) is 3.25. The monoisotopic (exact) mass is 521 g/mol. The van der Waals surface area contributed by atoms with Crippen molar-refractivity contribution in [2.24, 2.45) is 0 Å². The smallest absolute Gasteiger partial charge is 0.337 e. The van der Waals surface area contributed by atoms with Crippen LogP contribution in [0.5, 0.6) is 0 Å². The van der Waals surface area contributed by atoms with Gasteiger partial charge in [0.2, 0.25) is 0 Å². The van der Waals surface area contributed by atoms with Gasteiger partial charge < -0.3 is 14.7 Å². The summed E-state index contributed by atoms with van der Waals surface area (Å²) in [7, 11) is 0. The Labute approximate surface area is 219 Å². The van der Waals surface area contributed by atoms with Gasteiger partial charge in [-0.05, 0) is 68.7 Å². The molecule has 1 aliphatic rings.